The molecule has 5 rings (SSSR count). The van der Waals surface area contributed by atoms with E-state index in [-0.39, 0.29) is 5.91 Å². The number of nitrogens with one attached hydrogen (secondary N) is 1. The minimum Gasteiger partial charge on any atom is -0.338 e. The molecule has 1 fully saturated rings. The lowest BCUT2D eigenvalue weighted by atomic mass is 10.0. The fraction of sp³-hybridized carbons (Fsp3) is 0.259. The Bertz CT molecular complexity index is 1300. The van der Waals surface area contributed by atoms with Crippen LogP contribution in [-0.4, -0.2) is 63.3 Å². The smallest absolute Gasteiger partial charge is 0.239 e. The van der Waals surface area contributed by atoms with Gasteiger partial charge in [-0.05, 0) is 43.7 Å². The fourth-order valence-electron chi connectivity index (χ4n) is 4.33. The van der Waals surface area contributed by atoms with Gasteiger partial charge in [-0.25, -0.2) is 14.6 Å². The lowest BCUT2D eigenvalue weighted by Gasteiger charge is -2.34. The average Bonchev–Trinajstić information content (AvgIpc) is 3.30. The van der Waals surface area contributed by atoms with Gasteiger partial charge in [0, 0.05) is 50.2 Å². The number of hydrogen-bond donors (Lipinski definition) is 1. The van der Waals surface area contributed by atoms with Crippen molar-refractivity contribution in [1.82, 2.24) is 24.6 Å². The minimum absolute atomic E-state index is 0.0565. The van der Waals surface area contributed by atoms with Crippen LogP contribution in [0.4, 0.5) is 11.8 Å². The summed E-state index contributed by atoms with van der Waals surface area (Å²) in [5.74, 6) is 1.34. The van der Waals surface area contributed by atoms with Gasteiger partial charge in [-0.2, -0.15) is 5.10 Å². The van der Waals surface area contributed by atoms with Crippen molar-refractivity contribution >= 4 is 17.7 Å². The molecule has 1 saturated heterocycles. The first-order chi connectivity index (χ1) is 17.1. The van der Waals surface area contributed by atoms with E-state index in [9.17, 15) is 4.79 Å². The molecule has 35 heavy (non-hydrogen) atoms. The summed E-state index contributed by atoms with van der Waals surface area (Å²) in [6, 6.07) is 20.0. The summed E-state index contributed by atoms with van der Waals surface area (Å²) in [4.78, 5) is 26.0. The number of nitrogens with zero attached hydrogens (tertiary/aromatic N) is 6. The second-order valence-electron chi connectivity index (χ2n) is 8.84. The van der Waals surface area contributed by atoms with Crippen molar-refractivity contribution in [3.8, 4) is 16.9 Å². The molecular formula is C27H29N7O. The molecule has 0 aliphatic carbocycles. The molecule has 1 aliphatic heterocycles. The van der Waals surface area contributed by atoms with Gasteiger partial charge < -0.3 is 10.2 Å². The molecule has 0 atom stereocenters. The zero-order chi connectivity index (χ0) is 24.2. The Kier molecular flexibility index (Phi) is 6.54. The number of hydrogen-bond acceptors (Lipinski definition) is 6. The summed E-state index contributed by atoms with van der Waals surface area (Å²) in [6.07, 6.45) is 3.51. The van der Waals surface area contributed by atoms with Crippen molar-refractivity contribution < 1.29 is 4.79 Å². The molecule has 178 valence electrons. The van der Waals surface area contributed by atoms with E-state index in [2.05, 4.69) is 57.1 Å². The molecule has 3 heterocycles. The Morgan fingerprint density at radius 1 is 0.914 bits per heavy atom. The Morgan fingerprint density at radius 2 is 1.66 bits per heavy atom. The number of aryl methyl sites for hydroxylation is 2. The van der Waals surface area contributed by atoms with Crippen LogP contribution >= 0.6 is 0 Å². The summed E-state index contributed by atoms with van der Waals surface area (Å²) in [5, 5.41) is 7.97. The Hall–Kier alpha value is -4.04. The third-order valence-corrected chi connectivity index (χ3v) is 6.22. The zero-order valence-corrected chi connectivity index (χ0v) is 20.1. The Morgan fingerprint density at radius 3 is 2.40 bits per heavy atom. The maximum atomic E-state index is 13.1. The normalized spacial score (nSPS) is 14.2. The van der Waals surface area contributed by atoms with E-state index in [0.29, 0.717) is 12.4 Å². The molecule has 1 N–H and O–H groups in total. The SMILES string of the molecule is Cc1ccc(C)c(-c2cc(NC(=O)CN3CCN(c4ncccn4)CC3)n(-c3ccccc3)n2)c1. The summed E-state index contributed by atoms with van der Waals surface area (Å²) >= 11 is 0. The van der Waals surface area contributed by atoms with Gasteiger partial charge in [0.15, 0.2) is 0 Å². The number of aromatic nitrogens is 4. The van der Waals surface area contributed by atoms with Crippen LogP contribution in [0.5, 0.6) is 0 Å². The molecule has 4 aromatic rings. The molecule has 8 nitrogen and oxygen atoms in total. The molecular weight excluding hydrogens is 438 g/mol. The zero-order valence-electron chi connectivity index (χ0n) is 20.1. The molecule has 1 amide bonds. The third-order valence-electron chi connectivity index (χ3n) is 6.22. The van der Waals surface area contributed by atoms with Crippen LogP contribution in [0, 0.1) is 13.8 Å². The number of amides is 1. The molecule has 0 spiro atoms. The number of carbonyl (C=O) groups is 1. The second kappa shape index (κ2) is 10.1. The van der Waals surface area contributed by atoms with Crippen molar-refractivity contribution in [2.24, 2.45) is 0 Å². The van der Waals surface area contributed by atoms with Gasteiger partial charge in [0.05, 0.1) is 17.9 Å². The van der Waals surface area contributed by atoms with E-state index >= 15 is 0 Å². The first-order valence-electron chi connectivity index (χ1n) is 11.8. The van der Waals surface area contributed by atoms with Gasteiger partial charge in [0.2, 0.25) is 11.9 Å². The maximum Gasteiger partial charge on any atom is 0.239 e. The highest BCUT2D eigenvalue weighted by molar-refractivity contribution is 5.92. The molecule has 2 aromatic heterocycles. The standard InChI is InChI=1S/C27H29N7O/c1-20-9-10-21(2)23(17-20)24-18-25(34(31-24)22-7-4-3-5-8-22)30-26(35)19-32-13-15-33(16-14-32)27-28-11-6-12-29-27/h3-12,17-18H,13-16,19H2,1-2H3,(H,30,35). The Balaban J connectivity index is 1.31. The van der Waals surface area contributed by atoms with E-state index in [1.807, 2.05) is 42.5 Å². The summed E-state index contributed by atoms with van der Waals surface area (Å²) in [7, 11) is 0. The summed E-state index contributed by atoms with van der Waals surface area (Å²) < 4.78 is 1.81. The maximum absolute atomic E-state index is 13.1. The molecule has 8 heteroatoms. The third kappa shape index (κ3) is 5.22. The van der Waals surface area contributed by atoms with Gasteiger partial charge >= 0.3 is 0 Å². The van der Waals surface area contributed by atoms with E-state index in [1.54, 1.807) is 17.1 Å². The van der Waals surface area contributed by atoms with Crippen LogP contribution in [0.15, 0.2) is 73.1 Å². The molecule has 0 bridgehead atoms. The van der Waals surface area contributed by atoms with Gasteiger partial charge in [0.1, 0.15) is 5.82 Å². The summed E-state index contributed by atoms with van der Waals surface area (Å²) in [6.45, 7) is 7.60. The number of piperazine rings is 1. The predicted octanol–water partition coefficient (Wildman–Crippen LogP) is 3.71. The number of benzene rings is 2. The van der Waals surface area contributed by atoms with Crippen molar-refractivity contribution in [3.05, 3.63) is 84.2 Å². The van der Waals surface area contributed by atoms with E-state index in [0.717, 1.165) is 54.6 Å². The van der Waals surface area contributed by atoms with E-state index in [4.69, 9.17) is 5.10 Å². The molecule has 0 saturated carbocycles. The molecule has 0 radical (unpaired) electrons. The average molecular weight is 468 g/mol. The first kappa shape index (κ1) is 22.7. The lowest BCUT2D eigenvalue weighted by Crippen LogP contribution is -2.49. The van der Waals surface area contributed by atoms with Gasteiger partial charge in [-0.3, -0.25) is 9.69 Å². The van der Waals surface area contributed by atoms with Crippen molar-refractivity contribution in [2.45, 2.75) is 13.8 Å². The highest BCUT2D eigenvalue weighted by atomic mass is 16.2. The quantitative estimate of drug-likeness (QED) is 0.466. The molecule has 2 aromatic carbocycles. The van der Waals surface area contributed by atoms with Gasteiger partial charge in [0.25, 0.3) is 0 Å². The number of rotatable bonds is 6. The topological polar surface area (TPSA) is 79.2 Å². The van der Waals surface area contributed by atoms with Crippen LogP contribution in [0.3, 0.4) is 0 Å². The van der Waals surface area contributed by atoms with Crippen molar-refractivity contribution in [2.75, 3.05) is 42.9 Å². The monoisotopic (exact) mass is 467 g/mol. The van der Waals surface area contributed by atoms with Crippen LogP contribution in [-0.2, 0) is 4.79 Å². The van der Waals surface area contributed by atoms with Crippen LogP contribution in [0.1, 0.15) is 11.1 Å². The van der Waals surface area contributed by atoms with Crippen molar-refractivity contribution in [3.63, 3.8) is 0 Å². The Labute approximate surface area is 205 Å². The van der Waals surface area contributed by atoms with Gasteiger partial charge in [-0.15, -0.1) is 0 Å². The van der Waals surface area contributed by atoms with Gasteiger partial charge in [-0.1, -0.05) is 35.9 Å². The minimum atomic E-state index is -0.0565. The molecule has 0 unspecified atom stereocenters. The van der Waals surface area contributed by atoms with Crippen LogP contribution in [0.2, 0.25) is 0 Å². The highest BCUT2D eigenvalue weighted by Crippen LogP contribution is 2.28. The van der Waals surface area contributed by atoms with Crippen molar-refractivity contribution in [1.29, 1.82) is 0 Å². The van der Waals surface area contributed by atoms with Crippen LogP contribution in [0.25, 0.3) is 16.9 Å². The van der Waals surface area contributed by atoms with E-state index in [1.165, 1.54) is 5.56 Å². The lowest BCUT2D eigenvalue weighted by molar-refractivity contribution is -0.117. The van der Waals surface area contributed by atoms with Crippen LogP contribution < -0.4 is 10.2 Å². The number of carbonyl (C=O) groups excluding carboxylic acids is 1. The number of para-hydroxylation sites is 1. The first-order valence-corrected chi connectivity index (χ1v) is 11.8. The molecule has 1 aliphatic rings. The largest absolute Gasteiger partial charge is 0.338 e. The number of anilines is 2. The highest BCUT2D eigenvalue weighted by Gasteiger charge is 2.22. The summed E-state index contributed by atoms with van der Waals surface area (Å²) in [5.41, 5.74) is 5.11. The second-order valence-corrected chi connectivity index (χ2v) is 8.84. The fourth-order valence-corrected chi connectivity index (χ4v) is 4.33. The predicted molar refractivity (Wildman–Crippen MR) is 138 cm³/mol. The van der Waals surface area contributed by atoms with E-state index < -0.39 is 0 Å².